The van der Waals surface area contributed by atoms with E-state index in [4.69, 9.17) is 9.47 Å². The highest BCUT2D eigenvalue weighted by molar-refractivity contribution is 9.10. The van der Waals surface area contributed by atoms with Crippen LogP contribution >= 0.6 is 15.9 Å². The first kappa shape index (κ1) is 13.7. The van der Waals surface area contributed by atoms with Gasteiger partial charge >= 0.3 is 0 Å². The molecule has 0 aliphatic carbocycles. The topological polar surface area (TPSA) is 44.2 Å². The molecule has 0 radical (unpaired) electrons. The fraction of sp³-hybridized carbons (Fsp3) is 0.692. The number of hydrogen-bond acceptors (Lipinski definition) is 4. The summed E-state index contributed by atoms with van der Waals surface area (Å²) >= 11 is 3.39. The van der Waals surface area contributed by atoms with Gasteiger partial charge < -0.3 is 9.47 Å². The van der Waals surface area contributed by atoms with Crippen LogP contribution in [0.1, 0.15) is 38.4 Å². The fourth-order valence-electron chi connectivity index (χ4n) is 1.97. The third kappa shape index (κ3) is 4.21. The lowest BCUT2D eigenvalue weighted by molar-refractivity contribution is -0.0120. The maximum Gasteiger partial charge on any atom is 0.217 e. The van der Waals surface area contributed by atoms with E-state index in [1.54, 1.807) is 0 Å². The van der Waals surface area contributed by atoms with Crippen LogP contribution < -0.4 is 4.74 Å². The summed E-state index contributed by atoms with van der Waals surface area (Å²) in [7, 11) is 0. The Labute approximate surface area is 116 Å². The van der Waals surface area contributed by atoms with Crippen LogP contribution in [0.15, 0.2) is 10.7 Å². The second-order valence-corrected chi connectivity index (χ2v) is 5.31. The molecule has 2 heterocycles. The van der Waals surface area contributed by atoms with Crippen molar-refractivity contribution in [2.45, 2.75) is 45.1 Å². The van der Waals surface area contributed by atoms with Crippen molar-refractivity contribution in [3.63, 3.8) is 0 Å². The van der Waals surface area contributed by atoms with Crippen LogP contribution in [0.5, 0.6) is 5.88 Å². The molecule has 0 saturated carbocycles. The second-order valence-electron chi connectivity index (χ2n) is 4.49. The van der Waals surface area contributed by atoms with Gasteiger partial charge in [-0.15, -0.1) is 0 Å². The van der Waals surface area contributed by atoms with Crippen molar-refractivity contribution in [1.82, 2.24) is 9.97 Å². The second kappa shape index (κ2) is 7.04. The van der Waals surface area contributed by atoms with Gasteiger partial charge in [-0.3, -0.25) is 0 Å². The van der Waals surface area contributed by atoms with Gasteiger partial charge in [-0.1, -0.05) is 6.92 Å². The third-order valence-corrected chi connectivity index (χ3v) is 3.29. The monoisotopic (exact) mass is 314 g/mol. The van der Waals surface area contributed by atoms with E-state index >= 15 is 0 Å². The average molecular weight is 315 g/mol. The van der Waals surface area contributed by atoms with Gasteiger partial charge in [-0.25, -0.2) is 4.98 Å². The number of ether oxygens (including phenoxy) is 2. The molecule has 2 rings (SSSR count). The van der Waals surface area contributed by atoms with E-state index in [1.165, 1.54) is 6.42 Å². The fourth-order valence-corrected chi connectivity index (χ4v) is 2.37. The minimum absolute atomic E-state index is 0.210. The van der Waals surface area contributed by atoms with Crippen LogP contribution in [-0.2, 0) is 11.2 Å². The van der Waals surface area contributed by atoms with Crippen molar-refractivity contribution >= 4 is 15.9 Å². The SMILES string of the molecule is CCCc1nc(Br)cc(OCC2CCCCO2)n1. The zero-order chi connectivity index (χ0) is 12.8. The Hall–Kier alpha value is -0.680. The summed E-state index contributed by atoms with van der Waals surface area (Å²) in [6.45, 7) is 3.54. The number of aryl methyl sites for hydroxylation is 1. The van der Waals surface area contributed by atoms with Gasteiger partial charge in [-0.2, -0.15) is 4.98 Å². The Morgan fingerprint density at radius 2 is 2.33 bits per heavy atom. The lowest BCUT2D eigenvalue weighted by atomic mass is 10.1. The highest BCUT2D eigenvalue weighted by Gasteiger charge is 2.15. The molecule has 1 unspecified atom stereocenters. The van der Waals surface area contributed by atoms with Gasteiger partial charge in [0, 0.05) is 19.1 Å². The molecule has 1 saturated heterocycles. The van der Waals surface area contributed by atoms with Crippen molar-refractivity contribution in [2.75, 3.05) is 13.2 Å². The van der Waals surface area contributed by atoms with Crippen molar-refractivity contribution in [3.05, 3.63) is 16.5 Å². The molecular formula is C13H19BrN2O2. The molecule has 1 fully saturated rings. The van der Waals surface area contributed by atoms with Crippen molar-refractivity contribution in [2.24, 2.45) is 0 Å². The number of aromatic nitrogens is 2. The maximum atomic E-state index is 5.71. The van der Waals surface area contributed by atoms with Gasteiger partial charge in [-0.05, 0) is 41.6 Å². The molecule has 1 aromatic rings. The Kier molecular flexibility index (Phi) is 5.38. The first-order chi connectivity index (χ1) is 8.78. The number of hydrogen-bond donors (Lipinski definition) is 0. The molecule has 5 heteroatoms. The van der Waals surface area contributed by atoms with Gasteiger partial charge in [0.1, 0.15) is 17.0 Å². The first-order valence-corrected chi connectivity index (χ1v) is 7.35. The van der Waals surface area contributed by atoms with Crippen molar-refractivity contribution in [1.29, 1.82) is 0 Å². The summed E-state index contributed by atoms with van der Waals surface area (Å²) in [6, 6.07) is 1.81. The molecule has 1 aliphatic rings. The van der Waals surface area contributed by atoms with E-state index in [0.717, 1.165) is 42.7 Å². The molecule has 18 heavy (non-hydrogen) atoms. The standard InChI is InChI=1S/C13H19BrN2O2/c1-2-5-12-15-11(14)8-13(16-12)18-9-10-6-3-4-7-17-10/h8,10H,2-7,9H2,1H3. The molecule has 0 aromatic carbocycles. The normalized spacial score (nSPS) is 19.8. The minimum atomic E-state index is 0.210. The molecule has 0 bridgehead atoms. The third-order valence-electron chi connectivity index (χ3n) is 2.88. The number of halogens is 1. The summed E-state index contributed by atoms with van der Waals surface area (Å²) in [6.07, 6.45) is 5.58. The zero-order valence-corrected chi connectivity index (χ0v) is 12.3. The molecule has 0 amide bonds. The maximum absolute atomic E-state index is 5.71. The zero-order valence-electron chi connectivity index (χ0n) is 10.7. The summed E-state index contributed by atoms with van der Waals surface area (Å²) in [5.41, 5.74) is 0. The Morgan fingerprint density at radius 1 is 1.44 bits per heavy atom. The van der Waals surface area contributed by atoms with Gasteiger partial charge in [0.05, 0.1) is 6.10 Å². The van der Waals surface area contributed by atoms with E-state index in [2.05, 4.69) is 32.8 Å². The largest absolute Gasteiger partial charge is 0.475 e. The molecule has 1 aliphatic heterocycles. The van der Waals surface area contributed by atoms with Gasteiger partial charge in [0.15, 0.2) is 0 Å². The number of nitrogens with zero attached hydrogens (tertiary/aromatic N) is 2. The van der Waals surface area contributed by atoms with Crippen LogP contribution in [0.3, 0.4) is 0 Å². The summed E-state index contributed by atoms with van der Waals surface area (Å²) in [4.78, 5) is 8.70. The molecule has 0 N–H and O–H groups in total. The van der Waals surface area contributed by atoms with E-state index in [1.807, 2.05) is 6.07 Å². The predicted molar refractivity (Wildman–Crippen MR) is 72.8 cm³/mol. The van der Waals surface area contributed by atoms with E-state index in [0.29, 0.717) is 12.5 Å². The average Bonchev–Trinajstić information content (AvgIpc) is 2.37. The predicted octanol–water partition coefficient (Wildman–Crippen LogP) is 3.14. The highest BCUT2D eigenvalue weighted by Crippen LogP contribution is 2.18. The van der Waals surface area contributed by atoms with Crippen LogP contribution in [0.4, 0.5) is 0 Å². The van der Waals surface area contributed by atoms with Gasteiger partial charge in [0.25, 0.3) is 0 Å². The minimum Gasteiger partial charge on any atom is -0.475 e. The van der Waals surface area contributed by atoms with Crippen LogP contribution in [0, 0.1) is 0 Å². The summed E-state index contributed by atoms with van der Waals surface area (Å²) < 4.78 is 12.1. The molecule has 100 valence electrons. The van der Waals surface area contributed by atoms with Crippen molar-refractivity contribution in [3.8, 4) is 5.88 Å². The van der Waals surface area contributed by atoms with Crippen LogP contribution in [0.2, 0.25) is 0 Å². The molecule has 4 nitrogen and oxygen atoms in total. The Bertz CT molecular complexity index is 381. The molecule has 0 spiro atoms. The lowest BCUT2D eigenvalue weighted by Gasteiger charge is -2.22. The molecule has 1 atom stereocenters. The first-order valence-electron chi connectivity index (χ1n) is 6.56. The van der Waals surface area contributed by atoms with Crippen LogP contribution in [-0.4, -0.2) is 29.3 Å². The smallest absolute Gasteiger partial charge is 0.217 e. The molecule has 1 aromatic heterocycles. The molecular weight excluding hydrogens is 296 g/mol. The van der Waals surface area contributed by atoms with E-state index in [9.17, 15) is 0 Å². The summed E-state index contributed by atoms with van der Waals surface area (Å²) in [5.74, 6) is 1.46. The number of rotatable bonds is 5. The van der Waals surface area contributed by atoms with Gasteiger partial charge in [0.2, 0.25) is 5.88 Å². The highest BCUT2D eigenvalue weighted by atomic mass is 79.9. The van der Waals surface area contributed by atoms with Crippen molar-refractivity contribution < 1.29 is 9.47 Å². The van der Waals surface area contributed by atoms with E-state index in [-0.39, 0.29) is 6.10 Å². The van der Waals surface area contributed by atoms with E-state index < -0.39 is 0 Å². The lowest BCUT2D eigenvalue weighted by Crippen LogP contribution is -2.26. The quantitative estimate of drug-likeness (QED) is 0.783. The summed E-state index contributed by atoms with van der Waals surface area (Å²) in [5, 5.41) is 0. The van der Waals surface area contributed by atoms with Crippen LogP contribution in [0.25, 0.3) is 0 Å². The Balaban J connectivity index is 1.91. The Morgan fingerprint density at radius 3 is 3.06 bits per heavy atom.